The molecule has 1 saturated carbocycles. The Morgan fingerprint density at radius 3 is 2.45 bits per heavy atom. The summed E-state index contributed by atoms with van der Waals surface area (Å²) in [6.45, 7) is 4.11. The van der Waals surface area contributed by atoms with Crippen LogP contribution in [0.15, 0.2) is 0 Å². The fraction of sp³-hybridized carbons (Fsp3) is 0.889. The van der Waals surface area contributed by atoms with Crippen LogP contribution in [0.4, 0.5) is 0 Å². The molecule has 0 aromatic heterocycles. The summed E-state index contributed by atoms with van der Waals surface area (Å²) in [7, 11) is 0. The normalized spacial score (nSPS) is 22.7. The smallest absolute Gasteiger partial charge is 0.223 e. The Labute approximate surface area is 68.2 Å². The summed E-state index contributed by atoms with van der Waals surface area (Å²) in [6, 6.07) is 0. The molecule has 1 unspecified atom stereocenters. The molecule has 0 aromatic carbocycles. The van der Waals surface area contributed by atoms with E-state index in [1.54, 1.807) is 0 Å². The van der Waals surface area contributed by atoms with Gasteiger partial charge in [0.2, 0.25) is 5.91 Å². The number of carbonyl (C=O) groups is 1. The molecule has 1 amide bonds. The second kappa shape index (κ2) is 2.84. The van der Waals surface area contributed by atoms with Gasteiger partial charge in [-0.25, -0.2) is 0 Å². The molecule has 0 aromatic rings. The molecule has 2 N–H and O–H groups in total. The zero-order valence-corrected chi connectivity index (χ0v) is 7.39. The van der Waals surface area contributed by atoms with E-state index in [4.69, 9.17) is 5.73 Å². The molecule has 64 valence electrons. The molecule has 2 nitrogen and oxygen atoms in total. The average molecular weight is 155 g/mol. The number of amides is 1. The Balaban J connectivity index is 2.61. The lowest BCUT2D eigenvalue weighted by atomic mass is 9.80. The maximum absolute atomic E-state index is 11.1. The van der Waals surface area contributed by atoms with E-state index in [2.05, 4.69) is 6.92 Å². The van der Waals surface area contributed by atoms with E-state index in [1.807, 2.05) is 6.92 Å². The van der Waals surface area contributed by atoms with Gasteiger partial charge in [-0.3, -0.25) is 4.79 Å². The molecule has 1 aliphatic carbocycles. The molecule has 2 heteroatoms. The molecule has 1 atom stereocenters. The van der Waals surface area contributed by atoms with Gasteiger partial charge < -0.3 is 5.73 Å². The van der Waals surface area contributed by atoms with Crippen LogP contribution < -0.4 is 5.73 Å². The Hall–Kier alpha value is -0.530. The van der Waals surface area contributed by atoms with E-state index >= 15 is 0 Å². The zero-order chi connectivity index (χ0) is 8.48. The standard InChI is InChI=1S/C9H17NO/c1-3-6-9(2,8(10)11)7-4-5-7/h7H,3-6H2,1-2H3,(H2,10,11). The molecule has 0 bridgehead atoms. The fourth-order valence-electron chi connectivity index (χ4n) is 1.77. The van der Waals surface area contributed by atoms with Gasteiger partial charge in [0, 0.05) is 5.41 Å². The molecule has 11 heavy (non-hydrogen) atoms. The number of rotatable bonds is 4. The van der Waals surface area contributed by atoms with Crippen molar-refractivity contribution in [2.24, 2.45) is 17.1 Å². The van der Waals surface area contributed by atoms with Gasteiger partial charge >= 0.3 is 0 Å². The third-order valence-corrected chi connectivity index (χ3v) is 2.81. The Bertz CT molecular complexity index is 163. The van der Waals surface area contributed by atoms with Gasteiger partial charge in [0.05, 0.1) is 0 Å². The first-order valence-corrected chi connectivity index (χ1v) is 4.41. The van der Waals surface area contributed by atoms with Crippen LogP contribution >= 0.6 is 0 Å². The Morgan fingerprint density at radius 2 is 2.18 bits per heavy atom. The molecule has 0 aliphatic heterocycles. The predicted molar refractivity (Wildman–Crippen MR) is 44.9 cm³/mol. The number of primary amides is 1. The van der Waals surface area contributed by atoms with Crippen molar-refractivity contribution in [3.8, 4) is 0 Å². The van der Waals surface area contributed by atoms with Gasteiger partial charge in [0.1, 0.15) is 0 Å². The van der Waals surface area contributed by atoms with Crippen molar-refractivity contribution in [1.82, 2.24) is 0 Å². The van der Waals surface area contributed by atoms with Crippen LogP contribution in [-0.2, 0) is 4.79 Å². The highest BCUT2D eigenvalue weighted by Gasteiger charge is 2.44. The van der Waals surface area contributed by atoms with Crippen LogP contribution in [0, 0.1) is 11.3 Å². The van der Waals surface area contributed by atoms with Gasteiger partial charge in [-0.15, -0.1) is 0 Å². The molecule has 0 heterocycles. The van der Waals surface area contributed by atoms with Gasteiger partial charge in [0.15, 0.2) is 0 Å². The number of nitrogens with two attached hydrogens (primary N) is 1. The predicted octanol–water partition coefficient (Wildman–Crippen LogP) is 1.69. The molecule has 0 spiro atoms. The summed E-state index contributed by atoms with van der Waals surface area (Å²) in [5.41, 5.74) is 5.16. The minimum absolute atomic E-state index is 0.109. The third-order valence-electron chi connectivity index (χ3n) is 2.81. The van der Waals surface area contributed by atoms with Crippen molar-refractivity contribution in [3.63, 3.8) is 0 Å². The molecular weight excluding hydrogens is 138 g/mol. The molecule has 1 aliphatic rings. The number of hydrogen-bond acceptors (Lipinski definition) is 1. The van der Waals surface area contributed by atoms with Crippen LogP contribution in [-0.4, -0.2) is 5.91 Å². The summed E-state index contributed by atoms with van der Waals surface area (Å²) in [5.74, 6) is 0.474. The van der Waals surface area contributed by atoms with E-state index in [-0.39, 0.29) is 11.3 Å². The largest absolute Gasteiger partial charge is 0.369 e. The molecule has 0 radical (unpaired) electrons. The first-order chi connectivity index (χ1) is 5.11. The lowest BCUT2D eigenvalue weighted by Gasteiger charge is -2.24. The van der Waals surface area contributed by atoms with Crippen molar-refractivity contribution >= 4 is 5.91 Å². The maximum atomic E-state index is 11.1. The highest BCUT2D eigenvalue weighted by atomic mass is 16.1. The molecule has 0 saturated heterocycles. The first-order valence-electron chi connectivity index (χ1n) is 4.41. The molecule has 1 fully saturated rings. The van der Waals surface area contributed by atoms with Crippen LogP contribution in [0.2, 0.25) is 0 Å². The van der Waals surface area contributed by atoms with Gasteiger partial charge in [-0.1, -0.05) is 20.3 Å². The quantitative estimate of drug-likeness (QED) is 0.659. The highest BCUT2D eigenvalue weighted by molar-refractivity contribution is 5.81. The van der Waals surface area contributed by atoms with Gasteiger partial charge in [0.25, 0.3) is 0 Å². The van der Waals surface area contributed by atoms with Crippen molar-refractivity contribution in [2.75, 3.05) is 0 Å². The van der Waals surface area contributed by atoms with Crippen molar-refractivity contribution < 1.29 is 4.79 Å². The Kier molecular flexibility index (Phi) is 2.21. The van der Waals surface area contributed by atoms with Crippen LogP contribution in [0.3, 0.4) is 0 Å². The summed E-state index contributed by atoms with van der Waals surface area (Å²) >= 11 is 0. The van der Waals surface area contributed by atoms with E-state index in [9.17, 15) is 4.79 Å². The second-order valence-corrected chi connectivity index (χ2v) is 3.81. The van der Waals surface area contributed by atoms with E-state index in [0.717, 1.165) is 12.8 Å². The monoisotopic (exact) mass is 155 g/mol. The van der Waals surface area contributed by atoms with E-state index in [1.165, 1.54) is 12.8 Å². The highest BCUT2D eigenvalue weighted by Crippen LogP contribution is 2.47. The topological polar surface area (TPSA) is 43.1 Å². The zero-order valence-electron chi connectivity index (χ0n) is 7.39. The van der Waals surface area contributed by atoms with Gasteiger partial charge in [-0.05, 0) is 25.2 Å². The number of carbonyl (C=O) groups excluding carboxylic acids is 1. The number of hydrogen-bond donors (Lipinski definition) is 1. The summed E-state index contributed by atoms with van der Waals surface area (Å²) < 4.78 is 0. The lowest BCUT2D eigenvalue weighted by Crippen LogP contribution is -2.36. The van der Waals surface area contributed by atoms with E-state index < -0.39 is 0 Å². The second-order valence-electron chi connectivity index (χ2n) is 3.81. The van der Waals surface area contributed by atoms with Crippen molar-refractivity contribution in [2.45, 2.75) is 39.5 Å². The van der Waals surface area contributed by atoms with E-state index in [0.29, 0.717) is 5.92 Å². The summed E-state index contributed by atoms with van der Waals surface area (Å²) in [4.78, 5) is 11.1. The van der Waals surface area contributed by atoms with Crippen LogP contribution in [0.5, 0.6) is 0 Å². The summed E-state index contributed by atoms with van der Waals surface area (Å²) in [5, 5.41) is 0. The van der Waals surface area contributed by atoms with Crippen molar-refractivity contribution in [1.29, 1.82) is 0 Å². The van der Waals surface area contributed by atoms with Crippen molar-refractivity contribution in [3.05, 3.63) is 0 Å². The fourth-order valence-corrected chi connectivity index (χ4v) is 1.77. The first kappa shape index (κ1) is 8.57. The third kappa shape index (κ3) is 1.55. The minimum Gasteiger partial charge on any atom is -0.369 e. The minimum atomic E-state index is -0.200. The molecular formula is C9H17NO. The summed E-state index contributed by atoms with van der Waals surface area (Å²) in [6.07, 6.45) is 4.39. The SMILES string of the molecule is CCCC(C)(C(N)=O)C1CC1. The van der Waals surface area contributed by atoms with Crippen LogP contribution in [0.25, 0.3) is 0 Å². The molecule has 1 rings (SSSR count). The van der Waals surface area contributed by atoms with Crippen LogP contribution in [0.1, 0.15) is 39.5 Å². The average Bonchev–Trinajstić information content (AvgIpc) is 2.68. The maximum Gasteiger partial charge on any atom is 0.223 e. The Morgan fingerprint density at radius 1 is 1.64 bits per heavy atom. The van der Waals surface area contributed by atoms with Gasteiger partial charge in [-0.2, -0.15) is 0 Å². The lowest BCUT2D eigenvalue weighted by molar-refractivity contribution is -0.128.